The minimum atomic E-state index is -0.0960. The third-order valence-electron chi connectivity index (χ3n) is 6.06. The van der Waals surface area contributed by atoms with Crippen molar-refractivity contribution in [2.45, 2.75) is 64.8 Å². The molecule has 166 valence electrons. The smallest absolute Gasteiger partial charge is 0.240 e. The maximum Gasteiger partial charge on any atom is 0.240 e. The molecule has 0 fully saturated rings. The maximum atomic E-state index is 12.2. The number of carbonyl (C=O) groups excluding carboxylic acids is 1. The van der Waals surface area contributed by atoms with Crippen molar-refractivity contribution in [3.8, 4) is 5.75 Å². The van der Waals surface area contributed by atoms with E-state index in [0.717, 1.165) is 36.3 Å². The van der Waals surface area contributed by atoms with Crippen LogP contribution < -0.4 is 15.1 Å². The molecule has 5 nitrogen and oxygen atoms in total. The summed E-state index contributed by atoms with van der Waals surface area (Å²) in [6.07, 6.45) is 4.98. The second-order valence-corrected chi connectivity index (χ2v) is 9.00. The molecule has 2 aromatic rings. The van der Waals surface area contributed by atoms with E-state index >= 15 is 0 Å². The predicted molar refractivity (Wildman–Crippen MR) is 128 cm³/mol. The monoisotopic (exact) mass is 421 g/mol. The van der Waals surface area contributed by atoms with Crippen LogP contribution in [0, 0.1) is 0 Å². The third-order valence-corrected chi connectivity index (χ3v) is 6.06. The molecule has 0 aromatic heterocycles. The zero-order valence-electron chi connectivity index (χ0n) is 19.4. The first-order chi connectivity index (χ1) is 14.9. The van der Waals surface area contributed by atoms with Gasteiger partial charge in [0.2, 0.25) is 5.91 Å². The number of carbonyl (C=O) groups is 1. The summed E-state index contributed by atoms with van der Waals surface area (Å²) < 4.78 is 5.67. The molecule has 0 spiro atoms. The van der Waals surface area contributed by atoms with Crippen LogP contribution in [0.3, 0.4) is 0 Å². The third kappa shape index (κ3) is 5.46. The van der Waals surface area contributed by atoms with Crippen LogP contribution in [0.2, 0.25) is 0 Å². The van der Waals surface area contributed by atoms with Crippen LogP contribution in [0.1, 0.15) is 69.6 Å². The highest BCUT2D eigenvalue weighted by atomic mass is 16.5. The largest absolute Gasteiger partial charge is 0.496 e. The van der Waals surface area contributed by atoms with Crippen molar-refractivity contribution in [3.63, 3.8) is 0 Å². The van der Waals surface area contributed by atoms with Gasteiger partial charge < -0.3 is 9.64 Å². The van der Waals surface area contributed by atoms with Crippen molar-refractivity contribution in [2.24, 2.45) is 5.10 Å². The Labute approximate surface area is 186 Å². The number of nitrogens with zero attached hydrogens (tertiary/aromatic N) is 2. The summed E-state index contributed by atoms with van der Waals surface area (Å²) in [4.78, 5) is 14.7. The summed E-state index contributed by atoms with van der Waals surface area (Å²) >= 11 is 0. The number of hydrogen-bond donors (Lipinski definition) is 1. The number of amides is 1. The lowest BCUT2D eigenvalue weighted by molar-refractivity contribution is -0.121. The van der Waals surface area contributed by atoms with Crippen LogP contribution in [0.25, 0.3) is 0 Å². The van der Waals surface area contributed by atoms with Gasteiger partial charge in [0, 0.05) is 35.8 Å². The van der Waals surface area contributed by atoms with Crippen molar-refractivity contribution in [1.29, 1.82) is 0 Å². The van der Waals surface area contributed by atoms with E-state index in [1.165, 1.54) is 11.3 Å². The lowest BCUT2D eigenvalue weighted by Gasteiger charge is -2.47. The van der Waals surface area contributed by atoms with Crippen molar-refractivity contribution in [3.05, 3.63) is 59.2 Å². The van der Waals surface area contributed by atoms with E-state index in [-0.39, 0.29) is 11.4 Å². The quantitative estimate of drug-likeness (QED) is 0.466. The molecule has 3 rings (SSSR count). The number of rotatable bonds is 8. The Kier molecular flexibility index (Phi) is 7.37. The van der Waals surface area contributed by atoms with Gasteiger partial charge in [-0.15, -0.1) is 0 Å². The van der Waals surface area contributed by atoms with E-state index in [1.807, 2.05) is 30.3 Å². The van der Waals surface area contributed by atoms with E-state index in [0.29, 0.717) is 18.8 Å². The lowest BCUT2D eigenvalue weighted by atomic mass is 9.79. The summed E-state index contributed by atoms with van der Waals surface area (Å²) in [6, 6.07) is 14.3. The van der Waals surface area contributed by atoms with Gasteiger partial charge in [-0.25, -0.2) is 5.43 Å². The first-order valence-corrected chi connectivity index (χ1v) is 11.2. The number of hydrogen-bond acceptors (Lipinski definition) is 4. The van der Waals surface area contributed by atoms with E-state index in [9.17, 15) is 4.79 Å². The zero-order valence-corrected chi connectivity index (χ0v) is 19.4. The lowest BCUT2D eigenvalue weighted by Crippen LogP contribution is -2.48. The molecule has 1 unspecified atom stereocenters. The fourth-order valence-corrected chi connectivity index (χ4v) is 4.58. The minimum absolute atomic E-state index is 0.0960. The molecule has 1 atom stereocenters. The highest BCUT2D eigenvalue weighted by Crippen LogP contribution is 2.45. The van der Waals surface area contributed by atoms with Crippen LogP contribution in [0.4, 0.5) is 5.69 Å². The highest BCUT2D eigenvalue weighted by molar-refractivity contribution is 5.87. The van der Waals surface area contributed by atoms with Crippen molar-refractivity contribution in [1.82, 2.24) is 5.43 Å². The Morgan fingerprint density at radius 2 is 2.03 bits per heavy atom. The average molecular weight is 422 g/mol. The highest BCUT2D eigenvalue weighted by Gasteiger charge is 2.36. The molecule has 0 saturated carbocycles. The molecule has 0 aliphatic carbocycles. The van der Waals surface area contributed by atoms with Crippen LogP contribution in [0.15, 0.2) is 47.6 Å². The number of fused-ring (bicyclic) bond motifs is 1. The van der Waals surface area contributed by atoms with Gasteiger partial charge in [0.15, 0.2) is 0 Å². The molecular formula is C26H35N3O2. The summed E-state index contributed by atoms with van der Waals surface area (Å²) in [7, 11) is 1.68. The number of aryl methyl sites for hydroxylation is 1. The summed E-state index contributed by atoms with van der Waals surface area (Å²) in [6.45, 7) is 10.1. The zero-order chi connectivity index (χ0) is 22.4. The Morgan fingerprint density at radius 1 is 1.29 bits per heavy atom. The summed E-state index contributed by atoms with van der Waals surface area (Å²) in [5, 5.41) is 4.20. The van der Waals surface area contributed by atoms with E-state index in [4.69, 9.17) is 4.74 Å². The topological polar surface area (TPSA) is 53.9 Å². The van der Waals surface area contributed by atoms with Crippen LogP contribution in [-0.2, 0) is 11.2 Å². The van der Waals surface area contributed by atoms with E-state index < -0.39 is 0 Å². The molecule has 0 bridgehead atoms. The molecule has 1 heterocycles. The van der Waals surface area contributed by atoms with Crippen LogP contribution in [-0.4, -0.2) is 31.3 Å². The Morgan fingerprint density at radius 3 is 2.71 bits per heavy atom. The summed E-state index contributed by atoms with van der Waals surface area (Å²) in [5.41, 5.74) is 7.34. The second-order valence-electron chi connectivity index (χ2n) is 9.00. The standard InChI is InChI=1S/C26H35N3O2/c1-6-14-29-23-16-24(31-5)21(15-22(23)19(2)17-26(29,3)4)18-27-28-25(30)13-12-20-10-8-7-9-11-20/h7-11,15-16,18-19H,6,12-14,17H2,1-5H3,(H,28,30)/b27-18+. The molecular weight excluding hydrogens is 386 g/mol. The molecule has 0 saturated heterocycles. The fraction of sp³-hybridized carbons (Fsp3) is 0.462. The van der Waals surface area contributed by atoms with Gasteiger partial charge in [-0.1, -0.05) is 44.2 Å². The van der Waals surface area contributed by atoms with Gasteiger partial charge in [0.1, 0.15) is 5.75 Å². The average Bonchev–Trinajstić information content (AvgIpc) is 2.75. The number of anilines is 1. The Bertz CT molecular complexity index is 922. The van der Waals surface area contributed by atoms with Gasteiger partial charge in [0.25, 0.3) is 0 Å². The minimum Gasteiger partial charge on any atom is -0.496 e. The van der Waals surface area contributed by atoms with Gasteiger partial charge in [-0.05, 0) is 56.2 Å². The first kappa shape index (κ1) is 22.9. The molecule has 1 N–H and O–H groups in total. The number of nitrogens with one attached hydrogen (secondary N) is 1. The normalized spacial score (nSPS) is 17.5. The predicted octanol–water partition coefficient (Wildman–Crippen LogP) is 5.28. The van der Waals surface area contributed by atoms with Crippen molar-refractivity contribution in [2.75, 3.05) is 18.6 Å². The second kappa shape index (κ2) is 9.99. The maximum absolute atomic E-state index is 12.2. The SMILES string of the molecule is CCCN1c2cc(OC)c(/C=N/NC(=O)CCc3ccccc3)cc2C(C)CC1(C)C. The molecule has 5 heteroatoms. The summed E-state index contributed by atoms with van der Waals surface area (Å²) in [5.74, 6) is 1.12. The van der Waals surface area contributed by atoms with Gasteiger partial charge >= 0.3 is 0 Å². The Hall–Kier alpha value is -2.82. The number of hydrazone groups is 1. The molecule has 2 aromatic carbocycles. The van der Waals surface area contributed by atoms with Gasteiger partial charge in [-0.2, -0.15) is 5.10 Å². The van der Waals surface area contributed by atoms with Crippen molar-refractivity contribution >= 4 is 17.8 Å². The number of ether oxygens (including phenoxy) is 1. The Balaban J connectivity index is 1.74. The number of benzene rings is 2. The van der Waals surface area contributed by atoms with Gasteiger partial charge in [0.05, 0.1) is 13.3 Å². The van der Waals surface area contributed by atoms with Crippen molar-refractivity contribution < 1.29 is 9.53 Å². The molecule has 1 aliphatic heterocycles. The number of methoxy groups -OCH3 is 1. The molecule has 0 radical (unpaired) electrons. The fourth-order valence-electron chi connectivity index (χ4n) is 4.58. The van der Waals surface area contributed by atoms with E-state index in [1.54, 1.807) is 13.3 Å². The first-order valence-electron chi connectivity index (χ1n) is 11.2. The van der Waals surface area contributed by atoms with E-state index in [2.05, 4.69) is 55.3 Å². The van der Waals surface area contributed by atoms with Crippen LogP contribution >= 0.6 is 0 Å². The molecule has 1 amide bonds. The van der Waals surface area contributed by atoms with Crippen LogP contribution in [0.5, 0.6) is 5.75 Å². The molecule has 1 aliphatic rings. The van der Waals surface area contributed by atoms with Gasteiger partial charge in [-0.3, -0.25) is 4.79 Å². The molecule has 31 heavy (non-hydrogen) atoms.